The quantitative estimate of drug-likeness (QED) is 0.716. The maximum absolute atomic E-state index is 5.98. The van der Waals surface area contributed by atoms with Crippen LogP contribution in [-0.2, 0) is 6.42 Å². The molecule has 4 heteroatoms. The summed E-state index contributed by atoms with van der Waals surface area (Å²) in [7, 11) is 0. The number of benzene rings is 1. The molecule has 0 aliphatic carbocycles. The highest BCUT2D eigenvalue weighted by molar-refractivity contribution is 6.30. The average molecular weight is 284 g/mol. The summed E-state index contributed by atoms with van der Waals surface area (Å²) in [5.41, 5.74) is 4.98. The normalized spacial score (nSPS) is 10.9. The van der Waals surface area contributed by atoms with E-state index in [1.54, 1.807) is 0 Å². The molecule has 3 aromatic rings. The lowest BCUT2D eigenvalue weighted by Gasteiger charge is -2.08. The molecule has 1 aromatic carbocycles. The first-order chi connectivity index (χ1) is 9.65. The number of hydrogen-bond donors (Lipinski definition) is 0. The van der Waals surface area contributed by atoms with E-state index in [0.717, 1.165) is 33.4 Å². The molecule has 20 heavy (non-hydrogen) atoms. The first kappa shape index (κ1) is 13.0. The second-order valence-corrected chi connectivity index (χ2v) is 5.22. The Morgan fingerprint density at radius 2 is 1.75 bits per heavy atom. The Kier molecular flexibility index (Phi) is 3.36. The highest BCUT2D eigenvalue weighted by atomic mass is 35.5. The van der Waals surface area contributed by atoms with Crippen LogP contribution in [0.2, 0.25) is 5.15 Å². The summed E-state index contributed by atoms with van der Waals surface area (Å²) in [5, 5.41) is 9.79. The van der Waals surface area contributed by atoms with Crippen molar-refractivity contribution in [2.45, 2.75) is 20.3 Å². The molecule has 3 nitrogen and oxygen atoms in total. The van der Waals surface area contributed by atoms with E-state index in [0.29, 0.717) is 11.6 Å². The van der Waals surface area contributed by atoms with Crippen LogP contribution in [0.3, 0.4) is 0 Å². The zero-order valence-corrected chi connectivity index (χ0v) is 12.1. The largest absolute Gasteiger partial charge is 0.252 e. The zero-order valence-electron chi connectivity index (χ0n) is 11.4. The van der Waals surface area contributed by atoms with E-state index in [-0.39, 0.29) is 0 Å². The molecule has 0 atom stereocenters. The third-order valence-electron chi connectivity index (χ3n) is 3.57. The zero-order chi connectivity index (χ0) is 14.1. The molecule has 0 N–H and O–H groups in total. The van der Waals surface area contributed by atoms with E-state index in [4.69, 9.17) is 11.6 Å². The van der Waals surface area contributed by atoms with Crippen LogP contribution in [0.5, 0.6) is 0 Å². The lowest BCUT2D eigenvalue weighted by molar-refractivity contribution is 0.893. The van der Waals surface area contributed by atoms with Crippen molar-refractivity contribution in [2.75, 3.05) is 0 Å². The van der Waals surface area contributed by atoms with Gasteiger partial charge in [0, 0.05) is 17.5 Å². The van der Waals surface area contributed by atoms with Crippen molar-refractivity contribution < 1.29 is 0 Å². The minimum atomic E-state index is 0.470. The number of hydrogen-bond acceptors (Lipinski definition) is 3. The Bertz CT molecular complexity index is 784. The predicted molar refractivity (Wildman–Crippen MR) is 81.1 cm³/mol. The van der Waals surface area contributed by atoms with Crippen molar-refractivity contribution >= 4 is 22.5 Å². The summed E-state index contributed by atoms with van der Waals surface area (Å²) in [4.78, 5) is 4.66. The lowest BCUT2D eigenvalue weighted by Crippen LogP contribution is -2.03. The van der Waals surface area contributed by atoms with Gasteiger partial charge in [-0.2, -0.15) is 5.10 Å². The average Bonchev–Trinajstić information content (AvgIpc) is 2.48. The molecular weight excluding hydrogens is 270 g/mol. The Morgan fingerprint density at radius 3 is 2.60 bits per heavy atom. The third-order valence-corrected chi connectivity index (χ3v) is 3.93. The topological polar surface area (TPSA) is 38.7 Å². The minimum Gasteiger partial charge on any atom is -0.252 e. The van der Waals surface area contributed by atoms with Gasteiger partial charge in [-0.05, 0) is 37.1 Å². The Morgan fingerprint density at radius 1 is 0.950 bits per heavy atom. The smallest absolute Gasteiger partial charge is 0.154 e. The maximum atomic E-state index is 5.98. The van der Waals surface area contributed by atoms with Crippen LogP contribution in [0.4, 0.5) is 0 Å². The van der Waals surface area contributed by atoms with Crippen LogP contribution in [0.15, 0.2) is 36.4 Å². The van der Waals surface area contributed by atoms with Gasteiger partial charge in [0.1, 0.15) is 0 Å². The van der Waals surface area contributed by atoms with Crippen molar-refractivity contribution in [2.24, 2.45) is 0 Å². The van der Waals surface area contributed by atoms with Gasteiger partial charge in [0.25, 0.3) is 0 Å². The number of rotatable bonds is 2. The summed E-state index contributed by atoms with van der Waals surface area (Å²) >= 11 is 5.98. The number of fused-ring (bicyclic) bond motifs is 1. The molecule has 100 valence electrons. The monoisotopic (exact) mass is 283 g/mol. The number of pyridine rings is 1. The van der Waals surface area contributed by atoms with Crippen molar-refractivity contribution in [1.82, 2.24) is 15.2 Å². The van der Waals surface area contributed by atoms with Crippen LogP contribution in [0.25, 0.3) is 10.9 Å². The first-order valence-electron chi connectivity index (χ1n) is 6.48. The van der Waals surface area contributed by atoms with Crippen molar-refractivity contribution in [3.05, 3.63) is 64.1 Å². The van der Waals surface area contributed by atoms with E-state index in [2.05, 4.69) is 27.3 Å². The number of aromatic nitrogens is 3. The summed E-state index contributed by atoms with van der Waals surface area (Å²) in [6.07, 6.45) is 0.668. The van der Waals surface area contributed by atoms with E-state index < -0.39 is 0 Å². The van der Waals surface area contributed by atoms with Crippen LogP contribution in [-0.4, -0.2) is 15.2 Å². The second kappa shape index (κ2) is 5.17. The van der Waals surface area contributed by atoms with Crippen LogP contribution < -0.4 is 0 Å². The fraction of sp³-hybridized carbons (Fsp3) is 0.188. The molecule has 0 aliphatic rings. The highest BCUT2D eigenvalue weighted by Crippen LogP contribution is 2.20. The van der Waals surface area contributed by atoms with Gasteiger partial charge in [-0.3, -0.25) is 4.98 Å². The van der Waals surface area contributed by atoms with Crippen molar-refractivity contribution in [3.63, 3.8) is 0 Å². The molecule has 0 saturated carbocycles. The van der Waals surface area contributed by atoms with Gasteiger partial charge in [-0.1, -0.05) is 35.9 Å². The molecule has 0 spiro atoms. The fourth-order valence-electron chi connectivity index (χ4n) is 2.17. The number of para-hydroxylation sites is 1. The van der Waals surface area contributed by atoms with Gasteiger partial charge in [0.05, 0.1) is 11.2 Å². The van der Waals surface area contributed by atoms with Crippen molar-refractivity contribution in [1.29, 1.82) is 0 Å². The highest BCUT2D eigenvalue weighted by Gasteiger charge is 2.09. The van der Waals surface area contributed by atoms with E-state index >= 15 is 0 Å². The molecule has 0 unspecified atom stereocenters. The van der Waals surface area contributed by atoms with Crippen molar-refractivity contribution in [3.8, 4) is 0 Å². The molecule has 0 saturated heterocycles. The van der Waals surface area contributed by atoms with Crippen LogP contribution in [0, 0.1) is 13.8 Å². The molecule has 2 aromatic heterocycles. The van der Waals surface area contributed by atoms with Gasteiger partial charge >= 0.3 is 0 Å². The van der Waals surface area contributed by atoms with Gasteiger partial charge in [0.2, 0.25) is 0 Å². The minimum absolute atomic E-state index is 0.470. The summed E-state index contributed by atoms with van der Waals surface area (Å²) in [5.74, 6) is 0. The Labute approximate surface area is 122 Å². The summed E-state index contributed by atoms with van der Waals surface area (Å²) < 4.78 is 0. The molecule has 0 aliphatic heterocycles. The number of halogens is 1. The second-order valence-electron chi connectivity index (χ2n) is 4.86. The van der Waals surface area contributed by atoms with Gasteiger partial charge in [0.15, 0.2) is 5.15 Å². The molecule has 0 radical (unpaired) electrons. The summed E-state index contributed by atoms with van der Waals surface area (Å²) in [6.45, 7) is 3.98. The summed E-state index contributed by atoms with van der Waals surface area (Å²) in [6, 6.07) is 12.2. The van der Waals surface area contributed by atoms with Crippen LogP contribution >= 0.6 is 11.6 Å². The van der Waals surface area contributed by atoms with Gasteiger partial charge < -0.3 is 0 Å². The third kappa shape index (κ3) is 2.37. The maximum Gasteiger partial charge on any atom is 0.154 e. The van der Waals surface area contributed by atoms with E-state index in [1.807, 2.05) is 38.1 Å². The number of nitrogens with zero attached hydrogens (tertiary/aromatic N) is 3. The van der Waals surface area contributed by atoms with Gasteiger partial charge in [-0.25, -0.2) is 0 Å². The molecule has 0 bridgehead atoms. The Hall–Kier alpha value is -2.00. The van der Waals surface area contributed by atoms with Crippen LogP contribution in [0.1, 0.15) is 22.5 Å². The molecular formula is C16H14ClN3. The van der Waals surface area contributed by atoms with E-state index in [9.17, 15) is 0 Å². The SMILES string of the molecule is Cc1c(Cl)nnc(Cc2ccc3ccccc3n2)c1C. The molecule has 2 heterocycles. The van der Waals surface area contributed by atoms with Gasteiger partial charge in [-0.15, -0.1) is 5.10 Å². The first-order valence-corrected chi connectivity index (χ1v) is 6.86. The molecule has 0 amide bonds. The lowest BCUT2D eigenvalue weighted by atomic mass is 10.1. The predicted octanol–water partition coefficient (Wildman–Crippen LogP) is 3.89. The molecule has 3 rings (SSSR count). The fourth-order valence-corrected chi connectivity index (χ4v) is 2.35. The molecule has 0 fully saturated rings. The Balaban J connectivity index is 1.99. The standard InChI is InChI=1S/C16H14ClN3/c1-10-11(2)16(17)20-19-15(10)9-13-8-7-12-5-3-4-6-14(12)18-13/h3-8H,9H2,1-2H3. The van der Waals surface area contributed by atoms with E-state index in [1.165, 1.54) is 0 Å².